The van der Waals surface area contributed by atoms with Gasteiger partial charge in [0, 0.05) is 34.7 Å². The van der Waals surface area contributed by atoms with Crippen molar-refractivity contribution in [1.29, 1.82) is 0 Å². The second kappa shape index (κ2) is 6.16. The number of nitrogens with one attached hydrogen (secondary N) is 2. The quantitative estimate of drug-likeness (QED) is 0.706. The number of aromatic amines is 1. The number of aryl methyl sites for hydroxylation is 1. The van der Waals surface area contributed by atoms with E-state index >= 15 is 0 Å². The summed E-state index contributed by atoms with van der Waals surface area (Å²) >= 11 is 0. The van der Waals surface area contributed by atoms with Gasteiger partial charge in [-0.2, -0.15) is 0 Å². The molecule has 7 heteroatoms. The largest absolute Gasteiger partial charge is 0.487 e. The van der Waals surface area contributed by atoms with Crippen LogP contribution < -0.4 is 10.1 Å². The van der Waals surface area contributed by atoms with Gasteiger partial charge < -0.3 is 19.6 Å². The zero-order valence-corrected chi connectivity index (χ0v) is 14.7. The van der Waals surface area contributed by atoms with Crippen LogP contribution >= 0.6 is 0 Å². The van der Waals surface area contributed by atoms with Gasteiger partial charge in [-0.05, 0) is 25.8 Å². The predicted molar refractivity (Wildman–Crippen MR) is 93.0 cm³/mol. The van der Waals surface area contributed by atoms with Crippen molar-refractivity contribution in [1.82, 2.24) is 15.5 Å². The first-order valence-electron chi connectivity index (χ1n) is 8.57. The Labute approximate surface area is 149 Å². The molecule has 0 saturated heterocycles. The van der Waals surface area contributed by atoms with E-state index in [1.54, 1.807) is 25.1 Å². The van der Waals surface area contributed by atoms with Crippen LogP contribution in [0.3, 0.4) is 0 Å². The molecule has 3 aromatic rings. The van der Waals surface area contributed by atoms with Gasteiger partial charge in [0.1, 0.15) is 29.6 Å². The maximum atomic E-state index is 14.4. The van der Waals surface area contributed by atoms with Gasteiger partial charge >= 0.3 is 0 Å². The fourth-order valence-electron chi connectivity index (χ4n) is 2.85. The molecule has 4 rings (SSSR count). The number of nitrogens with zero attached hydrogens (tertiary/aromatic N) is 1. The highest BCUT2D eigenvalue weighted by Gasteiger charge is 2.44. The summed E-state index contributed by atoms with van der Waals surface area (Å²) in [5.74, 6) is 0.764. The third-order valence-electron chi connectivity index (χ3n) is 4.77. The van der Waals surface area contributed by atoms with Crippen LogP contribution in [0.25, 0.3) is 10.9 Å². The monoisotopic (exact) mass is 357 g/mol. The molecule has 0 atom stereocenters. The summed E-state index contributed by atoms with van der Waals surface area (Å²) in [5.41, 5.74) is 1.79. The van der Waals surface area contributed by atoms with Crippen LogP contribution in [0.15, 0.2) is 28.8 Å². The minimum absolute atomic E-state index is 0.0450. The lowest BCUT2D eigenvalue weighted by Gasteiger charge is -2.08. The highest BCUT2D eigenvalue weighted by atomic mass is 19.1. The summed E-state index contributed by atoms with van der Waals surface area (Å²) in [6.45, 7) is 4.29. The summed E-state index contributed by atoms with van der Waals surface area (Å²) in [6, 6.07) is 6.56. The standard InChI is InChI=1S/C19H20FN3O3/c1-11-5-13(23-26-11)10-25-14-7-16(20)15-6-12(22-17(15)8-14)9-21-18(24)19(2)3-4-19/h5-8,22H,3-4,9-10H2,1-2H3,(H,21,24). The minimum atomic E-state index is -0.378. The van der Waals surface area contributed by atoms with Crippen molar-refractivity contribution >= 4 is 16.8 Å². The molecule has 2 N–H and O–H groups in total. The maximum Gasteiger partial charge on any atom is 0.226 e. The summed E-state index contributed by atoms with van der Waals surface area (Å²) in [4.78, 5) is 15.2. The second-order valence-corrected chi connectivity index (χ2v) is 7.12. The molecule has 1 aliphatic rings. The number of H-pyrrole nitrogens is 1. The topological polar surface area (TPSA) is 80.1 Å². The minimum Gasteiger partial charge on any atom is -0.487 e. The lowest BCUT2D eigenvalue weighted by Crippen LogP contribution is -2.29. The van der Waals surface area contributed by atoms with Crippen molar-refractivity contribution in [3.63, 3.8) is 0 Å². The van der Waals surface area contributed by atoms with E-state index in [1.165, 1.54) is 6.07 Å². The number of carbonyl (C=O) groups is 1. The lowest BCUT2D eigenvalue weighted by atomic mass is 10.1. The van der Waals surface area contributed by atoms with E-state index in [1.807, 2.05) is 6.92 Å². The van der Waals surface area contributed by atoms with Crippen LogP contribution in [-0.2, 0) is 17.9 Å². The summed E-state index contributed by atoms with van der Waals surface area (Å²) in [5, 5.41) is 7.22. The Morgan fingerprint density at radius 2 is 2.19 bits per heavy atom. The van der Waals surface area contributed by atoms with Crippen molar-refractivity contribution in [2.24, 2.45) is 5.41 Å². The molecule has 2 aromatic heterocycles. The van der Waals surface area contributed by atoms with Crippen molar-refractivity contribution < 1.29 is 18.4 Å². The highest BCUT2D eigenvalue weighted by molar-refractivity contribution is 5.85. The number of hydrogen-bond donors (Lipinski definition) is 2. The zero-order valence-electron chi connectivity index (χ0n) is 14.7. The van der Waals surface area contributed by atoms with Crippen LogP contribution in [0.4, 0.5) is 4.39 Å². The van der Waals surface area contributed by atoms with Crippen LogP contribution in [0, 0.1) is 18.2 Å². The fourth-order valence-corrected chi connectivity index (χ4v) is 2.85. The van der Waals surface area contributed by atoms with E-state index in [-0.39, 0.29) is 23.7 Å². The first-order chi connectivity index (χ1) is 12.4. The normalized spacial score (nSPS) is 15.2. The number of rotatable bonds is 6. The Morgan fingerprint density at radius 3 is 2.88 bits per heavy atom. The first-order valence-corrected chi connectivity index (χ1v) is 8.57. The molecule has 26 heavy (non-hydrogen) atoms. The van der Waals surface area contributed by atoms with E-state index in [4.69, 9.17) is 9.26 Å². The lowest BCUT2D eigenvalue weighted by molar-refractivity contribution is -0.125. The first kappa shape index (κ1) is 16.6. The molecule has 0 radical (unpaired) electrons. The van der Waals surface area contributed by atoms with Gasteiger partial charge in [0.2, 0.25) is 5.91 Å². The van der Waals surface area contributed by atoms with Crippen LogP contribution in [0.2, 0.25) is 0 Å². The van der Waals surface area contributed by atoms with Gasteiger partial charge in [0.05, 0.1) is 12.1 Å². The molecule has 0 aliphatic heterocycles. The van der Waals surface area contributed by atoms with E-state index < -0.39 is 0 Å². The molecule has 6 nitrogen and oxygen atoms in total. The summed E-state index contributed by atoms with van der Waals surface area (Å²) in [7, 11) is 0. The number of aromatic nitrogens is 2. The van der Waals surface area contributed by atoms with Gasteiger partial charge in [-0.3, -0.25) is 4.79 Å². The molecule has 0 spiro atoms. The number of halogens is 1. The summed E-state index contributed by atoms with van der Waals surface area (Å²) < 4.78 is 24.9. The molecular formula is C19H20FN3O3. The number of fused-ring (bicyclic) bond motifs is 1. The van der Waals surface area contributed by atoms with Crippen LogP contribution in [0.1, 0.15) is 36.9 Å². The van der Waals surface area contributed by atoms with Crippen molar-refractivity contribution in [3.8, 4) is 5.75 Å². The van der Waals surface area contributed by atoms with E-state index in [9.17, 15) is 9.18 Å². The number of benzene rings is 1. The van der Waals surface area contributed by atoms with Crippen LogP contribution in [0.5, 0.6) is 5.75 Å². The van der Waals surface area contributed by atoms with Crippen molar-refractivity contribution in [3.05, 3.63) is 47.2 Å². The number of ether oxygens (including phenoxy) is 1. The molecule has 0 unspecified atom stereocenters. The Balaban J connectivity index is 1.46. The smallest absolute Gasteiger partial charge is 0.226 e. The molecule has 1 amide bonds. The SMILES string of the molecule is Cc1cc(COc2cc(F)c3cc(CNC(=O)C4(C)CC4)[nH]c3c2)no1. The molecule has 1 aliphatic carbocycles. The third kappa shape index (κ3) is 3.29. The highest BCUT2D eigenvalue weighted by Crippen LogP contribution is 2.45. The van der Waals surface area contributed by atoms with Gasteiger partial charge in [-0.15, -0.1) is 0 Å². The Morgan fingerprint density at radius 1 is 1.38 bits per heavy atom. The van der Waals surface area contributed by atoms with Crippen molar-refractivity contribution in [2.75, 3.05) is 0 Å². The van der Waals surface area contributed by atoms with E-state index in [0.29, 0.717) is 34.7 Å². The number of carbonyl (C=O) groups excluding carboxylic acids is 1. The van der Waals surface area contributed by atoms with Gasteiger partial charge in [-0.25, -0.2) is 4.39 Å². The summed E-state index contributed by atoms with van der Waals surface area (Å²) in [6.07, 6.45) is 1.85. The zero-order chi connectivity index (χ0) is 18.3. The van der Waals surface area contributed by atoms with E-state index in [2.05, 4.69) is 15.5 Å². The van der Waals surface area contributed by atoms with Crippen molar-refractivity contribution in [2.45, 2.75) is 39.8 Å². The molecule has 2 heterocycles. The third-order valence-corrected chi connectivity index (χ3v) is 4.77. The van der Waals surface area contributed by atoms with Gasteiger partial charge in [0.15, 0.2) is 0 Å². The molecule has 1 fully saturated rings. The molecular weight excluding hydrogens is 337 g/mol. The van der Waals surface area contributed by atoms with Crippen LogP contribution in [-0.4, -0.2) is 16.0 Å². The second-order valence-electron chi connectivity index (χ2n) is 7.12. The Bertz CT molecular complexity index is 972. The fraction of sp³-hybridized carbons (Fsp3) is 0.368. The Kier molecular flexibility index (Phi) is 3.94. The maximum absolute atomic E-state index is 14.4. The Hall–Kier alpha value is -2.83. The average Bonchev–Trinajstić information content (AvgIpc) is 3.04. The predicted octanol–water partition coefficient (Wildman–Crippen LogP) is 3.60. The van der Waals surface area contributed by atoms with Gasteiger partial charge in [0.25, 0.3) is 0 Å². The van der Waals surface area contributed by atoms with Gasteiger partial charge in [-0.1, -0.05) is 12.1 Å². The average molecular weight is 357 g/mol. The van der Waals surface area contributed by atoms with E-state index in [0.717, 1.165) is 18.5 Å². The molecule has 1 aromatic carbocycles. The molecule has 1 saturated carbocycles. The number of amides is 1. The number of hydrogen-bond acceptors (Lipinski definition) is 4. The molecule has 0 bridgehead atoms. The molecule has 136 valence electrons.